The van der Waals surface area contributed by atoms with Crippen molar-refractivity contribution in [2.24, 2.45) is 0 Å². The fraction of sp³-hybridized carbons (Fsp3) is 0.294. The Balaban J connectivity index is 2.17. The van der Waals surface area contributed by atoms with Crippen molar-refractivity contribution in [2.45, 2.75) is 25.7 Å². The molecule has 1 atom stereocenters. The van der Waals surface area contributed by atoms with E-state index in [0.717, 1.165) is 16.9 Å². The summed E-state index contributed by atoms with van der Waals surface area (Å²) in [6, 6.07) is 13.4. The Hall–Kier alpha value is -1.94. The summed E-state index contributed by atoms with van der Waals surface area (Å²) in [5, 5.41) is 0. The van der Waals surface area contributed by atoms with Crippen molar-refractivity contribution >= 4 is 23.1 Å². The van der Waals surface area contributed by atoms with Crippen LogP contribution in [0.15, 0.2) is 42.5 Å². The lowest BCUT2D eigenvalue weighted by Crippen LogP contribution is -2.10. The fourth-order valence-corrected chi connectivity index (χ4v) is 3.24. The van der Waals surface area contributed by atoms with Crippen LogP contribution in [0.2, 0.25) is 0 Å². The summed E-state index contributed by atoms with van der Waals surface area (Å²) in [6.07, 6.45) is 0.976. The number of carbonyl (C=O) groups excluding carboxylic acids is 2. The summed E-state index contributed by atoms with van der Waals surface area (Å²) in [7, 11) is 1.37. The van der Waals surface area contributed by atoms with Gasteiger partial charge in [0.25, 0.3) is 0 Å². The quantitative estimate of drug-likeness (QED) is 0.601. The third-order valence-corrected chi connectivity index (χ3v) is 4.48. The first-order valence-corrected chi connectivity index (χ1v) is 7.72. The molecule has 0 saturated heterocycles. The zero-order chi connectivity index (χ0) is 15.2. The van der Waals surface area contributed by atoms with Gasteiger partial charge < -0.3 is 4.74 Å². The maximum atomic E-state index is 12.6. The normalized spacial score (nSPS) is 11.9. The van der Waals surface area contributed by atoms with Crippen LogP contribution in [-0.2, 0) is 16.0 Å². The Morgan fingerprint density at radius 1 is 1.14 bits per heavy atom. The molecule has 0 bridgehead atoms. The molecule has 0 saturated carbocycles. The Labute approximate surface area is 128 Å². The van der Waals surface area contributed by atoms with E-state index in [-0.39, 0.29) is 24.1 Å². The molecule has 4 heteroatoms. The van der Waals surface area contributed by atoms with Crippen LogP contribution in [0.4, 0.5) is 0 Å². The molecule has 0 fully saturated rings. The smallest absolute Gasteiger partial charge is 0.310 e. The molecule has 110 valence electrons. The van der Waals surface area contributed by atoms with E-state index in [0.29, 0.717) is 4.88 Å². The highest BCUT2D eigenvalue weighted by atomic mass is 32.1. The average molecular weight is 302 g/mol. The van der Waals surface area contributed by atoms with Gasteiger partial charge in [-0.15, -0.1) is 11.3 Å². The topological polar surface area (TPSA) is 43.4 Å². The SMILES string of the molecule is CCC(C(=O)c1ccc(CC(=O)OC)s1)c1ccccc1. The van der Waals surface area contributed by atoms with Gasteiger partial charge in [0, 0.05) is 10.8 Å². The van der Waals surface area contributed by atoms with Crippen molar-refractivity contribution in [1.82, 2.24) is 0 Å². The minimum atomic E-state index is -0.286. The summed E-state index contributed by atoms with van der Waals surface area (Å²) in [4.78, 5) is 25.5. The number of esters is 1. The number of Topliss-reactive ketones (excluding diaryl/α,β-unsaturated/α-hetero) is 1. The third-order valence-electron chi connectivity index (χ3n) is 3.38. The zero-order valence-corrected chi connectivity index (χ0v) is 13.0. The highest BCUT2D eigenvalue weighted by Gasteiger charge is 2.21. The minimum Gasteiger partial charge on any atom is -0.469 e. The minimum absolute atomic E-state index is 0.116. The van der Waals surface area contributed by atoms with Gasteiger partial charge in [0.1, 0.15) is 0 Å². The molecule has 0 spiro atoms. The van der Waals surface area contributed by atoms with Crippen molar-refractivity contribution in [3.63, 3.8) is 0 Å². The monoisotopic (exact) mass is 302 g/mol. The van der Waals surface area contributed by atoms with E-state index in [9.17, 15) is 9.59 Å². The molecule has 1 aromatic carbocycles. The number of thiophene rings is 1. The van der Waals surface area contributed by atoms with E-state index < -0.39 is 0 Å². The standard InChI is InChI=1S/C17H18O3S/c1-3-14(12-7-5-4-6-8-12)17(19)15-10-9-13(21-15)11-16(18)20-2/h4-10,14H,3,11H2,1-2H3. The Morgan fingerprint density at radius 2 is 1.86 bits per heavy atom. The molecule has 21 heavy (non-hydrogen) atoms. The van der Waals surface area contributed by atoms with Crippen molar-refractivity contribution in [2.75, 3.05) is 7.11 Å². The highest BCUT2D eigenvalue weighted by molar-refractivity contribution is 7.14. The van der Waals surface area contributed by atoms with E-state index in [1.807, 2.05) is 43.3 Å². The molecule has 1 unspecified atom stereocenters. The van der Waals surface area contributed by atoms with Crippen molar-refractivity contribution in [3.8, 4) is 0 Å². The average Bonchev–Trinajstić information content (AvgIpc) is 2.97. The van der Waals surface area contributed by atoms with Crippen molar-refractivity contribution < 1.29 is 14.3 Å². The van der Waals surface area contributed by atoms with E-state index in [1.54, 1.807) is 6.07 Å². The molecule has 0 aliphatic rings. The predicted molar refractivity (Wildman–Crippen MR) is 83.8 cm³/mol. The maximum Gasteiger partial charge on any atom is 0.310 e. The van der Waals surface area contributed by atoms with Crippen molar-refractivity contribution in [1.29, 1.82) is 0 Å². The fourth-order valence-electron chi connectivity index (χ4n) is 2.25. The summed E-state index contributed by atoms with van der Waals surface area (Å²) in [5.41, 5.74) is 1.04. The third kappa shape index (κ3) is 3.79. The van der Waals surface area contributed by atoms with Gasteiger partial charge in [-0.1, -0.05) is 37.3 Å². The van der Waals surface area contributed by atoms with Crippen LogP contribution in [0.3, 0.4) is 0 Å². The Kier molecular flexibility index (Phi) is 5.28. The molecular weight excluding hydrogens is 284 g/mol. The molecule has 2 aromatic rings. The van der Waals surface area contributed by atoms with Gasteiger partial charge in [-0.05, 0) is 24.1 Å². The van der Waals surface area contributed by atoms with Crippen LogP contribution in [-0.4, -0.2) is 18.9 Å². The number of methoxy groups -OCH3 is 1. The summed E-state index contributed by atoms with van der Waals surface area (Å²) in [6.45, 7) is 2.01. The van der Waals surface area contributed by atoms with Crippen LogP contribution in [0.25, 0.3) is 0 Å². The van der Waals surface area contributed by atoms with E-state index in [1.165, 1.54) is 18.4 Å². The number of hydrogen-bond acceptors (Lipinski definition) is 4. The Morgan fingerprint density at radius 3 is 2.48 bits per heavy atom. The summed E-state index contributed by atoms with van der Waals surface area (Å²) >= 11 is 1.37. The van der Waals surface area contributed by atoms with Gasteiger partial charge in [-0.2, -0.15) is 0 Å². The molecule has 2 rings (SSSR count). The zero-order valence-electron chi connectivity index (χ0n) is 12.2. The maximum absolute atomic E-state index is 12.6. The first-order chi connectivity index (χ1) is 10.2. The highest BCUT2D eigenvalue weighted by Crippen LogP contribution is 2.28. The van der Waals surface area contributed by atoms with Crippen molar-refractivity contribution in [3.05, 3.63) is 57.8 Å². The largest absolute Gasteiger partial charge is 0.469 e. The number of rotatable bonds is 6. The first-order valence-electron chi connectivity index (χ1n) is 6.90. The van der Waals surface area contributed by atoms with Gasteiger partial charge >= 0.3 is 5.97 Å². The number of benzene rings is 1. The van der Waals surface area contributed by atoms with Crippen LogP contribution in [0, 0.1) is 0 Å². The van der Waals surface area contributed by atoms with Gasteiger partial charge in [0.05, 0.1) is 18.4 Å². The van der Waals surface area contributed by atoms with Crippen LogP contribution < -0.4 is 0 Å². The van der Waals surface area contributed by atoms with E-state index >= 15 is 0 Å². The van der Waals surface area contributed by atoms with E-state index in [4.69, 9.17) is 0 Å². The number of ketones is 1. The summed E-state index contributed by atoms with van der Waals surface area (Å²) < 4.78 is 4.64. The lowest BCUT2D eigenvalue weighted by molar-refractivity contribution is -0.139. The Bertz CT molecular complexity index is 616. The molecule has 0 N–H and O–H groups in total. The lowest BCUT2D eigenvalue weighted by Gasteiger charge is -2.12. The van der Waals surface area contributed by atoms with Gasteiger partial charge in [-0.25, -0.2) is 0 Å². The van der Waals surface area contributed by atoms with Crippen LogP contribution in [0.1, 0.15) is 39.4 Å². The molecule has 1 heterocycles. The number of carbonyl (C=O) groups is 2. The predicted octanol–water partition coefficient (Wildman–Crippen LogP) is 3.84. The molecule has 0 aliphatic heterocycles. The van der Waals surface area contributed by atoms with Gasteiger partial charge in [0.2, 0.25) is 0 Å². The van der Waals surface area contributed by atoms with Gasteiger partial charge in [-0.3, -0.25) is 9.59 Å². The van der Waals surface area contributed by atoms with Gasteiger partial charge in [0.15, 0.2) is 5.78 Å². The first kappa shape index (κ1) is 15.4. The lowest BCUT2D eigenvalue weighted by atomic mass is 9.91. The second-order valence-electron chi connectivity index (χ2n) is 4.75. The molecule has 0 radical (unpaired) electrons. The molecular formula is C17H18O3S. The molecule has 3 nitrogen and oxygen atoms in total. The molecule has 0 amide bonds. The second-order valence-corrected chi connectivity index (χ2v) is 5.92. The second kappa shape index (κ2) is 7.18. The number of hydrogen-bond donors (Lipinski definition) is 0. The molecule has 1 aromatic heterocycles. The number of ether oxygens (including phenoxy) is 1. The van der Waals surface area contributed by atoms with Crippen LogP contribution >= 0.6 is 11.3 Å². The van der Waals surface area contributed by atoms with Crippen LogP contribution in [0.5, 0.6) is 0 Å². The van der Waals surface area contributed by atoms with E-state index in [2.05, 4.69) is 4.74 Å². The molecule has 0 aliphatic carbocycles. The summed E-state index contributed by atoms with van der Waals surface area (Å²) in [5.74, 6) is -0.299.